The fourth-order valence-electron chi connectivity index (χ4n) is 0.863. The first kappa shape index (κ1) is 12.1. The van der Waals surface area contributed by atoms with Crippen molar-refractivity contribution < 1.29 is 18.7 Å². The predicted octanol–water partition coefficient (Wildman–Crippen LogP) is 1.98. The summed E-state index contributed by atoms with van der Waals surface area (Å²) in [5.41, 5.74) is 0. The number of hydrogen-bond donors (Lipinski definition) is 1. The first-order valence-corrected chi connectivity index (χ1v) is 5.61. The molecule has 0 fully saturated rings. The Balaban J connectivity index is 4.03. The monoisotopic (exact) mass is 196 g/mol. The predicted molar refractivity (Wildman–Crippen MR) is 47.2 cm³/mol. The molecule has 0 bridgehead atoms. The van der Waals surface area contributed by atoms with Crippen molar-refractivity contribution in [3.63, 3.8) is 0 Å². The normalized spacial score (nSPS) is 14.7. The lowest BCUT2D eigenvalue weighted by atomic mass is 10.3. The molecule has 0 saturated heterocycles. The number of unbranched alkanes of at least 4 members (excludes halogenated alkanes) is 1. The second-order valence-corrected chi connectivity index (χ2v) is 4.93. The van der Waals surface area contributed by atoms with E-state index in [4.69, 9.17) is 0 Å². The third kappa shape index (κ3) is 3.23. The molecular formula is C7H17O4P. The number of hydrogen-bond acceptors (Lipinski definition) is 4. The minimum atomic E-state index is -3.25. The van der Waals surface area contributed by atoms with Crippen LogP contribution in [0.15, 0.2) is 0 Å². The van der Waals surface area contributed by atoms with E-state index in [0.29, 0.717) is 6.42 Å². The van der Waals surface area contributed by atoms with Crippen LogP contribution < -0.4 is 0 Å². The van der Waals surface area contributed by atoms with Crippen LogP contribution in [0.2, 0.25) is 0 Å². The fraction of sp³-hybridized carbons (Fsp3) is 1.00. The summed E-state index contributed by atoms with van der Waals surface area (Å²) in [5.74, 6) is -0.993. The number of rotatable bonds is 6. The van der Waals surface area contributed by atoms with Gasteiger partial charge in [-0.2, -0.15) is 0 Å². The standard InChI is InChI=1S/C7H17O4P/c1-4-5-6-7(8)12(9,10-2)11-3/h7-8H,4-6H2,1-3H3. The third-order valence-electron chi connectivity index (χ3n) is 1.69. The van der Waals surface area contributed by atoms with Gasteiger partial charge in [-0.05, 0) is 6.42 Å². The Morgan fingerprint density at radius 2 is 1.92 bits per heavy atom. The highest BCUT2D eigenvalue weighted by Crippen LogP contribution is 2.51. The van der Waals surface area contributed by atoms with Crippen molar-refractivity contribution in [1.82, 2.24) is 0 Å². The van der Waals surface area contributed by atoms with Crippen LogP contribution in [0.5, 0.6) is 0 Å². The van der Waals surface area contributed by atoms with Crippen molar-refractivity contribution in [1.29, 1.82) is 0 Å². The van der Waals surface area contributed by atoms with E-state index in [2.05, 4.69) is 9.05 Å². The molecule has 0 aromatic rings. The van der Waals surface area contributed by atoms with Gasteiger partial charge in [-0.15, -0.1) is 0 Å². The maximum absolute atomic E-state index is 11.5. The van der Waals surface area contributed by atoms with Gasteiger partial charge in [0.05, 0.1) is 0 Å². The Bertz CT molecular complexity index is 151. The smallest absolute Gasteiger partial charge is 0.358 e. The Kier molecular flexibility index (Phi) is 5.76. The summed E-state index contributed by atoms with van der Waals surface area (Å²) < 4.78 is 20.7. The lowest BCUT2D eigenvalue weighted by Gasteiger charge is -2.19. The van der Waals surface area contributed by atoms with Crippen LogP contribution >= 0.6 is 7.60 Å². The quantitative estimate of drug-likeness (QED) is 0.660. The van der Waals surface area contributed by atoms with E-state index in [-0.39, 0.29) is 0 Å². The van der Waals surface area contributed by atoms with Crippen LogP contribution in [0.4, 0.5) is 0 Å². The molecule has 0 radical (unpaired) electrons. The van der Waals surface area contributed by atoms with E-state index >= 15 is 0 Å². The van der Waals surface area contributed by atoms with E-state index in [1.807, 2.05) is 6.92 Å². The van der Waals surface area contributed by atoms with Gasteiger partial charge in [0.2, 0.25) is 0 Å². The van der Waals surface area contributed by atoms with Gasteiger partial charge in [-0.25, -0.2) is 0 Å². The van der Waals surface area contributed by atoms with Gasteiger partial charge in [-0.1, -0.05) is 19.8 Å². The Hall–Kier alpha value is 0.110. The molecule has 1 unspecified atom stereocenters. The maximum Gasteiger partial charge on any atom is 0.358 e. The molecule has 4 nitrogen and oxygen atoms in total. The highest BCUT2D eigenvalue weighted by Gasteiger charge is 2.31. The molecule has 0 aliphatic rings. The summed E-state index contributed by atoms with van der Waals surface area (Å²) in [6.45, 7) is 2.00. The molecule has 1 atom stereocenters. The topological polar surface area (TPSA) is 55.8 Å². The van der Waals surface area contributed by atoms with Crippen LogP contribution in [0.1, 0.15) is 26.2 Å². The van der Waals surface area contributed by atoms with Crippen LogP contribution in [-0.2, 0) is 13.6 Å². The van der Waals surface area contributed by atoms with Gasteiger partial charge >= 0.3 is 7.60 Å². The Morgan fingerprint density at radius 3 is 2.25 bits per heavy atom. The van der Waals surface area contributed by atoms with Crippen molar-refractivity contribution in [3.8, 4) is 0 Å². The van der Waals surface area contributed by atoms with Crippen LogP contribution in [0, 0.1) is 0 Å². The summed E-state index contributed by atoms with van der Waals surface area (Å²) >= 11 is 0. The van der Waals surface area contributed by atoms with Crippen molar-refractivity contribution in [2.24, 2.45) is 0 Å². The molecule has 5 heteroatoms. The summed E-state index contributed by atoms with van der Waals surface area (Å²) in [4.78, 5) is 0. The first-order chi connectivity index (χ1) is 5.60. The molecular weight excluding hydrogens is 179 g/mol. The molecule has 0 spiro atoms. The van der Waals surface area contributed by atoms with Gasteiger partial charge in [-0.3, -0.25) is 4.57 Å². The molecule has 0 saturated carbocycles. The lowest BCUT2D eigenvalue weighted by Crippen LogP contribution is -2.09. The minimum Gasteiger partial charge on any atom is -0.380 e. The van der Waals surface area contributed by atoms with Crippen LogP contribution in [0.25, 0.3) is 0 Å². The zero-order valence-electron chi connectivity index (χ0n) is 7.82. The Labute approximate surface area is 73.4 Å². The molecule has 0 rings (SSSR count). The van der Waals surface area contributed by atoms with E-state index in [1.54, 1.807) is 0 Å². The molecule has 0 aliphatic carbocycles. The van der Waals surface area contributed by atoms with Gasteiger partial charge in [0.25, 0.3) is 0 Å². The molecule has 0 heterocycles. The van der Waals surface area contributed by atoms with Crippen LogP contribution in [-0.4, -0.2) is 25.2 Å². The molecule has 0 aromatic carbocycles. The second-order valence-electron chi connectivity index (χ2n) is 2.53. The number of aliphatic hydroxyl groups excluding tert-OH is 1. The molecule has 12 heavy (non-hydrogen) atoms. The van der Waals surface area contributed by atoms with Gasteiger partial charge in [0, 0.05) is 14.2 Å². The molecule has 1 N–H and O–H groups in total. The average molecular weight is 196 g/mol. The molecule has 0 amide bonds. The Morgan fingerprint density at radius 1 is 1.42 bits per heavy atom. The first-order valence-electron chi connectivity index (χ1n) is 4.00. The third-order valence-corrected chi connectivity index (χ3v) is 3.70. The van der Waals surface area contributed by atoms with Gasteiger partial charge in [0.15, 0.2) is 5.85 Å². The van der Waals surface area contributed by atoms with Crippen molar-refractivity contribution in [3.05, 3.63) is 0 Å². The van der Waals surface area contributed by atoms with Crippen molar-refractivity contribution in [2.75, 3.05) is 14.2 Å². The van der Waals surface area contributed by atoms with E-state index in [1.165, 1.54) is 14.2 Å². The van der Waals surface area contributed by atoms with Crippen molar-refractivity contribution in [2.45, 2.75) is 32.0 Å². The van der Waals surface area contributed by atoms with E-state index in [9.17, 15) is 9.67 Å². The number of aliphatic hydroxyl groups is 1. The highest BCUT2D eigenvalue weighted by atomic mass is 31.2. The van der Waals surface area contributed by atoms with Gasteiger partial charge < -0.3 is 14.2 Å². The summed E-state index contributed by atoms with van der Waals surface area (Å²) in [6, 6.07) is 0. The highest BCUT2D eigenvalue weighted by molar-refractivity contribution is 7.54. The molecule has 0 aliphatic heterocycles. The summed E-state index contributed by atoms with van der Waals surface area (Å²) in [5, 5.41) is 9.39. The zero-order valence-corrected chi connectivity index (χ0v) is 8.71. The van der Waals surface area contributed by atoms with E-state index in [0.717, 1.165) is 12.8 Å². The van der Waals surface area contributed by atoms with E-state index < -0.39 is 13.4 Å². The largest absolute Gasteiger partial charge is 0.380 e. The lowest BCUT2D eigenvalue weighted by molar-refractivity contribution is 0.166. The fourth-order valence-corrected chi connectivity index (χ4v) is 2.00. The molecule has 74 valence electrons. The SMILES string of the molecule is CCCCC(O)P(=O)(OC)OC. The minimum absolute atomic E-state index is 0.454. The van der Waals surface area contributed by atoms with Crippen LogP contribution in [0.3, 0.4) is 0 Å². The zero-order chi connectivity index (χ0) is 9.61. The molecule has 0 aromatic heterocycles. The summed E-state index contributed by atoms with van der Waals surface area (Å²) in [6.07, 6.45) is 2.22. The van der Waals surface area contributed by atoms with Crippen molar-refractivity contribution >= 4 is 7.60 Å². The maximum atomic E-state index is 11.5. The van der Waals surface area contributed by atoms with Gasteiger partial charge in [0.1, 0.15) is 0 Å². The second kappa shape index (κ2) is 5.70. The average Bonchev–Trinajstić information content (AvgIpc) is 2.12. The summed E-state index contributed by atoms with van der Waals surface area (Å²) in [7, 11) is -0.692.